The van der Waals surface area contributed by atoms with Crippen molar-refractivity contribution in [3.63, 3.8) is 0 Å². The molecule has 2 aliphatic rings. The molecule has 1 unspecified atom stereocenters. The number of rotatable bonds is 5. The van der Waals surface area contributed by atoms with Crippen molar-refractivity contribution in [1.29, 1.82) is 0 Å². The Morgan fingerprint density at radius 2 is 1.82 bits per heavy atom. The number of carbonyl (C=O) groups excluding carboxylic acids is 2. The lowest BCUT2D eigenvalue weighted by molar-refractivity contribution is -0.135. The average Bonchev–Trinajstić information content (AvgIpc) is 2.75. The van der Waals surface area contributed by atoms with Crippen molar-refractivity contribution in [1.82, 2.24) is 4.72 Å². The predicted molar refractivity (Wildman–Crippen MR) is 133 cm³/mol. The van der Waals surface area contributed by atoms with E-state index >= 15 is 0 Å². The summed E-state index contributed by atoms with van der Waals surface area (Å²) in [5.74, 6) is -0.571. The minimum Gasteiger partial charge on any atom is -0.425 e. The largest absolute Gasteiger partial charge is 0.425 e. The fraction of sp³-hybridized carbons (Fsp3) is 0.208. The van der Waals surface area contributed by atoms with Crippen LogP contribution < -0.4 is 9.46 Å². The molecule has 0 bridgehead atoms. The summed E-state index contributed by atoms with van der Waals surface area (Å²) in [5.41, 5.74) is 2.52. The maximum Gasteiger partial charge on any atom is 0.329 e. The van der Waals surface area contributed by atoms with E-state index < -0.39 is 27.4 Å². The van der Waals surface area contributed by atoms with Gasteiger partial charge in [0.1, 0.15) is 11.8 Å². The van der Waals surface area contributed by atoms with E-state index in [1.54, 1.807) is 42.5 Å². The van der Waals surface area contributed by atoms with Crippen LogP contribution in [0, 0.1) is 3.57 Å². The summed E-state index contributed by atoms with van der Waals surface area (Å²) in [6.07, 6.45) is 4.76. The van der Waals surface area contributed by atoms with E-state index in [1.807, 2.05) is 13.8 Å². The van der Waals surface area contributed by atoms with Crippen molar-refractivity contribution in [3.8, 4) is 5.75 Å². The van der Waals surface area contributed by atoms with Gasteiger partial charge < -0.3 is 4.74 Å². The van der Waals surface area contributed by atoms with Gasteiger partial charge in [-0.25, -0.2) is 18.2 Å². The molecule has 0 fully saturated rings. The smallest absolute Gasteiger partial charge is 0.329 e. The third-order valence-corrected chi connectivity index (χ3v) is 7.83. The fourth-order valence-corrected chi connectivity index (χ4v) is 5.28. The van der Waals surface area contributed by atoms with Crippen LogP contribution in [0.15, 0.2) is 76.2 Å². The number of ether oxygens (including phenoxy) is 1. The molecule has 1 N–H and O–H groups in total. The summed E-state index contributed by atoms with van der Waals surface area (Å²) in [6.45, 7) is 5.38. The molecule has 33 heavy (non-hydrogen) atoms. The van der Waals surface area contributed by atoms with Gasteiger partial charge in [0, 0.05) is 8.99 Å². The number of hydrogen-bond acceptors (Lipinski definition) is 6. The van der Waals surface area contributed by atoms with Crippen molar-refractivity contribution in [3.05, 3.63) is 75.4 Å². The summed E-state index contributed by atoms with van der Waals surface area (Å²) in [4.78, 5) is 29.2. The molecule has 1 aliphatic carbocycles. The van der Waals surface area contributed by atoms with Crippen molar-refractivity contribution >= 4 is 55.8 Å². The number of hydrogen-bond donors (Lipinski definition) is 1. The molecule has 1 heterocycles. The minimum atomic E-state index is -3.88. The van der Waals surface area contributed by atoms with Crippen LogP contribution in [0.2, 0.25) is 0 Å². The Bertz CT molecular complexity index is 1360. The highest BCUT2D eigenvalue weighted by Gasteiger charge is 2.36. The summed E-state index contributed by atoms with van der Waals surface area (Å²) < 4.78 is 33.9. The number of carbonyl (C=O) groups is 2. The minimum absolute atomic E-state index is 0.0658. The van der Waals surface area contributed by atoms with Gasteiger partial charge in [0.2, 0.25) is 10.0 Å². The van der Waals surface area contributed by atoms with E-state index in [9.17, 15) is 18.0 Å². The van der Waals surface area contributed by atoms with Crippen LogP contribution in [-0.4, -0.2) is 31.9 Å². The fourth-order valence-electron chi connectivity index (χ4n) is 3.73. The van der Waals surface area contributed by atoms with Crippen molar-refractivity contribution in [2.24, 2.45) is 4.99 Å². The van der Waals surface area contributed by atoms with Crippen molar-refractivity contribution in [2.75, 3.05) is 0 Å². The lowest BCUT2D eigenvalue weighted by atomic mass is 9.71. The van der Waals surface area contributed by atoms with Crippen molar-refractivity contribution < 1.29 is 22.7 Å². The molecule has 2 aromatic rings. The summed E-state index contributed by atoms with van der Waals surface area (Å²) in [5, 5.41) is 0. The van der Waals surface area contributed by atoms with Gasteiger partial charge in [0.05, 0.1) is 16.3 Å². The van der Waals surface area contributed by atoms with Gasteiger partial charge in [-0.1, -0.05) is 13.8 Å². The number of halogens is 1. The van der Waals surface area contributed by atoms with Gasteiger partial charge in [0.25, 0.3) is 0 Å². The summed E-state index contributed by atoms with van der Waals surface area (Å²) in [7, 11) is -3.88. The van der Waals surface area contributed by atoms with E-state index in [0.29, 0.717) is 0 Å². The Hall–Kier alpha value is -2.63. The number of aliphatic imine (C=N–C) groups is 1. The number of esters is 1. The molecule has 0 amide bonds. The zero-order valence-corrected chi connectivity index (χ0v) is 21.1. The van der Waals surface area contributed by atoms with Gasteiger partial charge in [-0.05, 0) is 101 Å². The Morgan fingerprint density at radius 1 is 1.12 bits per heavy atom. The van der Waals surface area contributed by atoms with E-state index in [1.165, 1.54) is 25.1 Å². The highest BCUT2D eigenvalue weighted by atomic mass is 127. The summed E-state index contributed by atoms with van der Waals surface area (Å²) >= 11 is 2.08. The van der Waals surface area contributed by atoms with Gasteiger partial charge in [-0.3, -0.25) is 4.79 Å². The van der Waals surface area contributed by atoms with E-state index in [4.69, 9.17) is 4.74 Å². The third kappa shape index (κ3) is 4.71. The standard InChI is InChI=1S/C24H21IN2O5S/c1-14(27-33(30,31)18-8-4-15(25)5-9-18)23(29)32-17-7-11-22-20(13-17)24(2,3)19-12-16(28)6-10-21(19)26-22/h4-14,27H,1-3H3. The van der Waals surface area contributed by atoms with E-state index in [-0.39, 0.29) is 16.4 Å². The molecule has 0 saturated carbocycles. The molecule has 0 aromatic heterocycles. The van der Waals surface area contributed by atoms with Gasteiger partial charge in [0.15, 0.2) is 5.78 Å². The number of nitrogens with one attached hydrogen (secondary N) is 1. The van der Waals surface area contributed by atoms with Crippen LogP contribution in [0.5, 0.6) is 5.75 Å². The zero-order valence-electron chi connectivity index (χ0n) is 18.1. The molecule has 1 aliphatic heterocycles. The maximum atomic E-state index is 12.6. The van der Waals surface area contributed by atoms with Gasteiger partial charge in [-0.15, -0.1) is 0 Å². The number of sulfonamides is 1. The third-order valence-electron chi connectivity index (χ3n) is 5.55. The SMILES string of the molecule is CC(NS(=O)(=O)c1ccc(I)cc1)C(=O)Oc1ccc2c(c1)C(C)(C)C1=CC(=O)C=CC1=N2. The van der Waals surface area contributed by atoms with Crippen LogP contribution in [0.3, 0.4) is 0 Å². The van der Waals surface area contributed by atoms with Crippen molar-refractivity contribution in [2.45, 2.75) is 37.1 Å². The molecule has 0 spiro atoms. The number of allylic oxidation sites excluding steroid dienone is 4. The van der Waals surface area contributed by atoms with E-state index in [2.05, 4.69) is 32.3 Å². The number of fused-ring (bicyclic) bond motifs is 2. The first-order chi connectivity index (χ1) is 15.5. The second-order valence-electron chi connectivity index (χ2n) is 8.31. The zero-order chi connectivity index (χ0) is 24.0. The Labute approximate surface area is 205 Å². The Kier molecular flexibility index (Phi) is 6.14. The lowest BCUT2D eigenvalue weighted by Crippen LogP contribution is -2.40. The number of ketones is 1. The lowest BCUT2D eigenvalue weighted by Gasteiger charge is -2.34. The second-order valence-corrected chi connectivity index (χ2v) is 11.3. The molecular weight excluding hydrogens is 555 g/mol. The molecule has 2 aromatic carbocycles. The topological polar surface area (TPSA) is 102 Å². The van der Waals surface area contributed by atoms with Crippen LogP contribution in [0.1, 0.15) is 26.3 Å². The van der Waals surface area contributed by atoms with Crippen LogP contribution in [0.25, 0.3) is 0 Å². The summed E-state index contributed by atoms with van der Waals surface area (Å²) in [6, 6.07) is 10.3. The van der Waals surface area contributed by atoms with Crippen LogP contribution in [0.4, 0.5) is 5.69 Å². The number of benzene rings is 2. The molecule has 0 saturated heterocycles. The maximum absolute atomic E-state index is 12.6. The first kappa shape index (κ1) is 23.5. The molecule has 4 rings (SSSR count). The molecular formula is C24H21IN2O5S. The second kappa shape index (κ2) is 8.62. The first-order valence-corrected chi connectivity index (χ1v) is 12.7. The number of nitrogens with zero attached hydrogens (tertiary/aromatic N) is 1. The highest BCUT2D eigenvalue weighted by molar-refractivity contribution is 14.1. The molecule has 7 nitrogen and oxygen atoms in total. The Balaban J connectivity index is 1.54. The molecule has 0 radical (unpaired) electrons. The molecule has 9 heteroatoms. The van der Waals surface area contributed by atoms with Gasteiger partial charge >= 0.3 is 5.97 Å². The van der Waals surface area contributed by atoms with Crippen LogP contribution >= 0.6 is 22.6 Å². The predicted octanol–water partition coefficient (Wildman–Crippen LogP) is 3.99. The van der Waals surface area contributed by atoms with Gasteiger partial charge in [-0.2, -0.15) is 4.72 Å². The quantitative estimate of drug-likeness (QED) is 0.251. The average molecular weight is 576 g/mol. The van der Waals surface area contributed by atoms with Crippen LogP contribution in [-0.2, 0) is 25.0 Å². The Morgan fingerprint density at radius 3 is 2.52 bits per heavy atom. The van der Waals surface area contributed by atoms with E-state index in [0.717, 1.165) is 26.1 Å². The molecule has 1 atom stereocenters. The molecule has 170 valence electrons. The monoisotopic (exact) mass is 576 g/mol. The normalized spacial score (nSPS) is 17.4. The highest BCUT2D eigenvalue weighted by Crippen LogP contribution is 2.44. The first-order valence-electron chi connectivity index (χ1n) is 10.1.